The Labute approximate surface area is 218 Å². The summed E-state index contributed by atoms with van der Waals surface area (Å²) in [5, 5.41) is 9.89. The Kier molecular flexibility index (Phi) is 8.40. The first-order valence-electron chi connectivity index (χ1n) is 13.8. The second-order valence-electron chi connectivity index (χ2n) is 11.3. The van der Waals surface area contributed by atoms with E-state index in [1.54, 1.807) is 13.0 Å². The molecule has 1 aliphatic heterocycles. The highest BCUT2D eigenvalue weighted by atomic mass is 19.1. The van der Waals surface area contributed by atoms with Crippen molar-refractivity contribution < 1.29 is 9.50 Å². The van der Waals surface area contributed by atoms with Gasteiger partial charge in [0, 0.05) is 18.8 Å². The van der Waals surface area contributed by atoms with Crippen LogP contribution in [0.3, 0.4) is 0 Å². The third kappa shape index (κ3) is 5.32. The Hall–Kier alpha value is -2.39. The minimum atomic E-state index is -0.192. The highest BCUT2D eigenvalue weighted by molar-refractivity contribution is 5.49. The number of hydrogen-bond donors (Lipinski definition) is 1. The van der Waals surface area contributed by atoms with E-state index in [2.05, 4.69) is 62.3 Å². The van der Waals surface area contributed by atoms with Crippen LogP contribution in [0, 0.1) is 23.2 Å². The number of aliphatic hydroxyl groups excluding tert-OH is 1. The predicted octanol–water partition coefficient (Wildman–Crippen LogP) is 8.14. The molecule has 2 fully saturated rings. The number of allylic oxidation sites excluding steroid dienone is 12. The Bertz CT molecular complexity index is 1050. The van der Waals surface area contributed by atoms with Gasteiger partial charge in [0.05, 0.1) is 6.10 Å². The fraction of sp³-hybridized carbons (Fsp3) is 0.515. The van der Waals surface area contributed by atoms with E-state index in [-0.39, 0.29) is 17.3 Å². The summed E-state index contributed by atoms with van der Waals surface area (Å²) < 4.78 is 14.1. The van der Waals surface area contributed by atoms with E-state index in [0.29, 0.717) is 17.8 Å². The van der Waals surface area contributed by atoms with Crippen molar-refractivity contribution in [2.75, 3.05) is 13.1 Å². The van der Waals surface area contributed by atoms with Crippen molar-refractivity contribution in [2.45, 2.75) is 71.8 Å². The largest absolute Gasteiger partial charge is 0.393 e. The van der Waals surface area contributed by atoms with Gasteiger partial charge in [-0.2, -0.15) is 0 Å². The Morgan fingerprint density at radius 3 is 2.61 bits per heavy atom. The number of halogens is 1. The van der Waals surface area contributed by atoms with Gasteiger partial charge >= 0.3 is 0 Å². The molecule has 4 atom stereocenters. The van der Waals surface area contributed by atoms with Crippen LogP contribution >= 0.6 is 0 Å². The summed E-state index contributed by atoms with van der Waals surface area (Å²) in [4.78, 5) is 2.32. The molecule has 1 saturated heterocycles. The molecule has 0 aromatic rings. The first-order valence-corrected chi connectivity index (χ1v) is 13.8. The molecular weight excluding hydrogens is 445 g/mol. The van der Waals surface area contributed by atoms with Crippen molar-refractivity contribution >= 4 is 0 Å². The molecule has 36 heavy (non-hydrogen) atoms. The van der Waals surface area contributed by atoms with Crippen molar-refractivity contribution in [2.24, 2.45) is 23.2 Å². The van der Waals surface area contributed by atoms with E-state index in [9.17, 15) is 9.50 Å². The standard InChI is InChI=1S/C33H44FNO/c1-6-9-26(23(4)35-18-15-29(36)16-19-35)20-24-10-11-30-27(21-24)14-17-33(5)31(12-13-32(30)33)25(7-2)22-28(34)8-3/h6-9,12,20-22,27,29-30,32,36H,2,4,10-11,13-19H2,1,3,5H3/b9-6-,25-22+,26-20+,28-8+. The minimum Gasteiger partial charge on any atom is -0.393 e. The lowest BCUT2D eigenvalue weighted by Gasteiger charge is -2.49. The maximum atomic E-state index is 14.1. The van der Waals surface area contributed by atoms with Gasteiger partial charge in [-0.05, 0) is 105 Å². The molecular formula is C33H44FNO. The Balaban J connectivity index is 1.52. The maximum Gasteiger partial charge on any atom is 0.119 e. The average molecular weight is 490 g/mol. The summed E-state index contributed by atoms with van der Waals surface area (Å²) in [6.45, 7) is 16.4. The van der Waals surface area contributed by atoms with E-state index in [4.69, 9.17) is 0 Å². The van der Waals surface area contributed by atoms with Crippen LogP contribution in [-0.4, -0.2) is 29.2 Å². The lowest BCUT2D eigenvalue weighted by atomic mass is 9.55. The predicted molar refractivity (Wildman–Crippen MR) is 150 cm³/mol. The quantitative estimate of drug-likeness (QED) is 0.365. The highest BCUT2D eigenvalue weighted by Gasteiger charge is 2.50. The number of rotatable bonds is 7. The molecule has 1 N–H and O–H groups in total. The molecule has 0 bridgehead atoms. The lowest BCUT2D eigenvalue weighted by Crippen LogP contribution is -2.41. The molecule has 2 nitrogen and oxygen atoms in total. The van der Waals surface area contributed by atoms with Crippen LogP contribution in [0.5, 0.6) is 0 Å². The van der Waals surface area contributed by atoms with Crippen LogP contribution in [0.4, 0.5) is 4.39 Å². The maximum absolute atomic E-state index is 14.1. The van der Waals surface area contributed by atoms with Gasteiger partial charge in [-0.3, -0.25) is 0 Å². The van der Waals surface area contributed by atoms with Gasteiger partial charge in [-0.15, -0.1) is 0 Å². The number of aliphatic hydroxyl groups is 1. The molecule has 1 saturated carbocycles. The van der Waals surface area contributed by atoms with E-state index in [1.807, 2.05) is 6.08 Å². The van der Waals surface area contributed by atoms with Gasteiger partial charge < -0.3 is 10.0 Å². The number of nitrogens with zero attached hydrogens (tertiary/aromatic N) is 1. The first-order chi connectivity index (χ1) is 17.3. The highest BCUT2D eigenvalue weighted by Crippen LogP contribution is 2.60. The summed E-state index contributed by atoms with van der Waals surface area (Å²) >= 11 is 0. The molecule has 3 heteroatoms. The number of fused-ring (bicyclic) bond motifs is 3. The number of hydrogen-bond acceptors (Lipinski definition) is 2. The first kappa shape index (κ1) is 26.7. The zero-order valence-corrected chi connectivity index (χ0v) is 22.5. The molecule has 194 valence electrons. The van der Waals surface area contributed by atoms with Gasteiger partial charge in [0.1, 0.15) is 5.83 Å². The molecule has 0 aromatic heterocycles. The van der Waals surface area contributed by atoms with Crippen LogP contribution < -0.4 is 0 Å². The zero-order chi connectivity index (χ0) is 25.9. The molecule has 3 aliphatic carbocycles. The molecule has 0 radical (unpaired) electrons. The van der Waals surface area contributed by atoms with E-state index >= 15 is 0 Å². The summed E-state index contributed by atoms with van der Waals surface area (Å²) in [6.07, 6.45) is 23.7. The van der Waals surface area contributed by atoms with E-state index in [1.165, 1.54) is 35.6 Å². The van der Waals surface area contributed by atoms with Crippen LogP contribution in [0.2, 0.25) is 0 Å². The third-order valence-electron chi connectivity index (χ3n) is 9.23. The summed E-state index contributed by atoms with van der Waals surface area (Å²) in [5.41, 5.74) is 6.03. The summed E-state index contributed by atoms with van der Waals surface area (Å²) in [6, 6.07) is 0. The van der Waals surface area contributed by atoms with Crippen molar-refractivity contribution in [3.8, 4) is 0 Å². The van der Waals surface area contributed by atoms with Gasteiger partial charge in [0.25, 0.3) is 0 Å². The Morgan fingerprint density at radius 1 is 1.19 bits per heavy atom. The van der Waals surface area contributed by atoms with Gasteiger partial charge in [-0.25, -0.2) is 4.39 Å². The average Bonchev–Trinajstić information content (AvgIpc) is 3.24. The smallest absolute Gasteiger partial charge is 0.119 e. The second kappa shape index (κ2) is 11.3. The topological polar surface area (TPSA) is 23.5 Å². The van der Waals surface area contributed by atoms with Crippen LogP contribution in [0.25, 0.3) is 0 Å². The number of likely N-dealkylation sites (tertiary alicyclic amines) is 1. The second-order valence-corrected chi connectivity index (χ2v) is 11.3. The lowest BCUT2D eigenvalue weighted by molar-refractivity contribution is 0.0658. The SMILES string of the molecule is C=C/C(=C\C(F)=C/C)C1=CCC2C3CCC(/C=C(\C=C/C)C(=C)N4CCC(O)CC4)=CC3CCC12C. The molecule has 0 amide bonds. The van der Waals surface area contributed by atoms with Crippen molar-refractivity contribution in [3.63, 3.8) is 0 Å². The molecule has 4 rings (SSSR count). The normalized spacial score (nSPS) is 32.2. The fourth-order valence-corrected chi connectivity index (χ4v) is 7.17. The molecule has 0 spiro atoms. The van der Waals surface area contributed by atoms with Gasteiger partial charge in [0.15, 0.2) is 0 Å². The van der Waals surface area contributed by atoms with E-state index in [0.717, 1.165) is 56.5 Å². The van der Waals surface area contributed by atoms with Crippen molar-refractivity contribution in [3.05, 3.63) is 95.6 Å². The Morgan fingerprint density at radius 2 is 1.94 bits per heavy atom. The molecule has 1 heterocycles. The fourth-order valence-electron chi connectivity index (χ4n) is 7.17. The summed E-state index contributed by atoms with van der Waals surface area (Å²) in [7, 11) is 0. The molecule has 0 aromatic carbocycles. The molecule has 4 unspecified atom stereocenters. The minimum absolute atomic E-state index is 0.0968. The van der Waals surface area contributed by atoms with Gasteiger partial charge in [0.2, 0.25) is 0 Å². The van der Waals surface area contributed by atoms with Crippen LogP contribution in [0.1, 0.15) is 65.7 Å². The molecule has 4 aliphatic rings. The van der Waals surface area contributed by atoms with Crippen molar-refractivity contribution in [1.29, 1.82) is 0 Å². The van der Waals surface area contributed by atoms with Crippen LogP contribution in [0.15, 0.2) is 95.6 Å². The van der Waals surface area contributed by atoms with Crippen molar-refractivity contribution in [1.82, 2.24) is 4.90 Å². The van der Waals surface area contributed by atoms with E-state index < -0.39 is 0 Å². The monoisotopic (exact) mass is 489 g/mol. The zero-order valence-electron chi connectivity index (χ0n) is 22.5. The van der Waals surface area contributed by atoms with Crippen LogP contribution in [-0.2, 0) is 0 Å². The number of piperidine rings is 1. The van der Waals surface area contributed by atoms with Gasteiger partial charge in [-0.1, -0.05) is 68.2 Å². The third-order valence-corrected chi connectivity index (χ3v) is 9.23. The summed E-state index contributed by atoms with van der Waals surface area (Å²) in [5.74, 6) is 1.69.